The van der Waals surface area contributed by atoms with Gasteiger partial charge < -0.3 is 4.74 Å². The summed E-state index contributed by atoms with van der Waals surface area (Å²) in [5, 5.41) is 8.56. The van der Waals surface area contributed by atoms with Gasteiger partial charge in [0.25, 0.3) is 0 Å². The Hall–Kier alpha value is -1.84. The summed E-state index contributed by atoms with van der Waals surface area (Å²) in [6, 6.07) is 2.96. The molecule has 0 spiro atoms. The third-order valence-corrected chi connectivity index (χ3v) is 3.57. The molecule has 0 aromatic heterocycles. The second-order valence-electron chi connectivity index (χ2n) is 5.01. The van der Waals surface area contributed by atoms with Crippen LogP contribution in [0.3, 0.4) is 0 Å². The van der Waals surface area contributed by atoms with Crippen LogP contribution in [0.15, 0.2) is 12.1 Å². The van der Waals surface area contributed by atoms with E-state index in [1.807, 2.05) is 0 Å². The zero-order chi connectivity index (χ0) is 15.6. The molecule has 1 fully saturated rings. The quantitative estimate of drug-likeness (QED) is 0.762. The maximum atomic E-state index is 13.6. The molecule has 0 bridgehead atoms. The maximum absolute atomic E-state index is 13.6. The molecule has 0 N–H and O–H groups in total. The van der Waals surface area contributed by atoms with Crippen LogP contribution in [0.2, 0.25) is 0 Å². The van der Waals surface area contributed by atoms with E-state index in [1.165, 1.54) is 6.07 Å². The average molecular weight is 305 g/mol. The first-order chi connectivity index (χ1) is 9.81. The van der Waals surface area contributed by atoms with Gasteiger partial charge in [-0.3, -0.25) is 0 Å². The topological polar surface area (TPSA) is 33.0 Å². The predicted octanol–water partition coefficient (Wildman–Crippen LogP) is 4.34. The van der Waals surface area contributed by atoms with Gasteiger partial charge in [-0.05, 0) is 31.7 Å². The van der Waals surface area contributed by atoms with Crippen molar-refractivity contribution in [3.63, 3.8) is 0 Å². The van der Waals surface area contributed by atoms with Gasteiger partial charge in [-0.1, -0.05) is 0 Å². The Balaban J connectivity index is 2.01. The lowest BCUT2D eigenvalue weighted by molar-refractivity contribution is -0.185. The Morgan fingerprint density at radius 3 is 2.19 bits per heavy atom. The van der Waals surface area contributed by atoms with Crippen molar-refractivity contribution in [2.45, 2.75) is 38.0 Å². The molecule has 1 aromatic rings. The Morgan fingerprint density at radius 2 is 1.67 bits per heavy atom. The van der Waals surface area contributed by atoms with Crippen LogP contribution >= 0.6 is 0 Å². The van der Waals surface area contributed by atoms with E-state index in [9.17, 15) is 22.0 Å². The fraction of sp³-hybridized carbons (Fsp3) is 0.500. The summed E-state index contributed by atoms with van der Waals surface area (Å²) < 4.78 is 69.8. The summed E-state index contributed by atoms with van der Waals surface area (Å²) in [5.74, 6) is -3.55. The molecule has 114 valence electrons. The minimum atomic E-state index is -4.23. The first kappa shape index (κ1) is 15.5. The second-order valence-corrected chi connectivity index (χ2v) is 5.01. The molecular formula is C14H12F5NO. The van der Waals surface area contributed by atoms with Crippen LogP contribution in [-0.2, 0) is 0 Å². The monoisotopic (exact) mass is 305 g/mol. The smallest absolute Gasteiger partial charge is 0.391 e. The number of hydrogen-bond acceptors (Lipinski definition) is 2. The Morgan fingerprint density at radius 1 is 1.05 bits per heavy atom. The molecule has 1 aliphatic carbocycles. The fourth-order valence-corrected chi connectivity index (χ4v) is 2.39. The summed E-state index contributed by atoms with van der Waals surface area (Å²) in [5.41, 5.74) is -0.444. The predicted molar refractivity (Wildman–Crippen MR) is 63.5 cm³/mol. The van der Waals surface area contributed by atoms with Gasteiger partial charge in [-0.2, -0.15) is 18.4 Å². The van der Waals surface area contributed by atoms with Crippen LogP contribution in [-0.4, -0.2) is 12.3 Å². The van der Waals surface area contributed by atoms with Crippen molar-refractivity contribution in [2.24, 2.45) is 5.92 Å². The minimum absolute atomic E-state index is 0.0887. The molecule has 0 amide bonds. The number of hydrogen-bond donors (Lipinski definition) is 0. The largest absolute Gasteiger partial charge is 0.487 e. The lowest BCUT2D eigenvalue weighted by Gasteiger charge is -2.30. The Kier molecular flexibility index (Phi) is 4.35. The summed E-state index contributed by atoms with van der Waals surface area (Å²) in [6.07, 6.45) is -4.72. The summed E-state index contributed by atoms with van der Waals surface area (Å²) in [7, 11) is 0. The van der Waals surface area contributed by atoms with Gasteiger partial charge in [-0.15, -0.1) is 0 Å². The molecule has 21 heavy (non-hydrogen) atoms. The second kappa shape index (κ2) is 5.88. The molecule has 0 aliphatic heterocycles. The molecule has 0 radical (unpaired) electrons. The molecule has 0 heterocycles. The zero-order valence-electron chi connectivity index (χ0n) is 10.9. The molecule has 2 rings (SSSR count). The van der Waals surface area contributed by atoms with Gasteiger partial charge in [-0.25, -0.2) is 8.78 Å². The van der Waals surface area contributed by atoms with Crippen molar-refractivity contribution in [1.29, 1.82) is 5.26 Å². The summed E-state index contributed by atoms with van der Waals surface area (Å²) in [6.45, 7) is 0. The zero-order valence-corrected chi connectivity index (χ0v) is 10.9. The van der Waals surface area contributed by atoms with Crippen LogP contribution < -0.4 is 4.74 Å². The first-order valence-corrected chi connectivity index (χ1v) is 6.43. The van der Waals surface area contributed by atoms with E-state index in [-0.39, 0.29) is 31.4 Å². The van der Waals surface area contributed by atoms with Crippen molar-refractivity contribution in [3.05, 3.63) is 29.3 Å². The molecule has 1 aromatic carbocycles. The van der Waals surface area contributed by atoms with E-state index in [0.717, 1.165) is 6.07 Å². The van der Waals surface area contributed by atoms with Gasteiger partial charge in [0.1, 0.15) is 11.9 Å². The third-order valence-electron chi connectivity index (χ3n) is 3.57. The van der Waals surface area contributed by atoms with E-state index in [4.69, 9.17) is 10.00 Å². The van der Waals surface area contributed by atoms with E-state index >= 15 is 0 Å². The molecule has 2 nitrogen and oxygen atoms in total. The highest BCUT2D eigenvalue weighted by Gasteiger charge is 2.41. The van der Waals surface area contributed by atoms with E-state index in [2.05, 4.69) is 0 Å². The molecular weight excluding hydrogens is 293 g/mol. The standard InChI is InChI=1S/C14H12F5NO/c15-11-6-13(12(16)5-8(11)7-20)21-10-3-1-9(2-4-10)14(17,18)19/h5-6,9-10H,1-4H2. The minimum Gasteiger partial charge on any atom is -0.487 e. The molecule has 0 atom stereocenters. The number of rotatable bonds is 2. The van der Waals surface area contributed by atoms with Gasteiger partial charge in [0.05, 0.1) is 17.6 Å². The van der Waals surface area contributed by atoms with Crippen LogP contribution in [0.4, 0.5) is 22.0 Å². The number of nitrogens with zero attached hydrogens (tertiary/aromatic N) is 1. The van der Waals surface area contributed by atoms with Crippen LogP contribution in [0.25, 0.3) is 0 Å². The average Bonchev–Trinajstić information content (AvgIpc) is 2.42. The summed E-state index contributed by atoms with van der Waals surface area (Å²) >= 11 is 0. The molecule has 1 aliphatic rings. The number of ether oxygens (including phenoxy) is 1. The molecule has 1 saturated carbocycles. The SMILES string of the molecule is N#Cc1cc(F)c(OC2CCC(C(F)(F)F)CC2)cc1F. The third kappa shape index (κ3) is 3.63. The van der Waals surface area contributed by atoms with Gasteiger partial charge in [0.2, 0.25) is 0 Å². The highest BCUT2D eigenvalue weighted by atomic mass is 19.4. The first-order valence-electron chi connectivity index (χ1n) is 6.43. The number of halogens is 5. The Bertz CT molecular complexity index is 556. The highest BCUT2D eigenvalue weighted by Crippen LogP contribution is 2.38. The fourth-order valence-electron chi connectivity index (χ4n) is 2.39. The van der Waals surface area contributed by atoms with Crippen molar-refractivity contribution in [1.82, 2.24) is 0 Å². The van der Waals surface area contributed by atoms with Gasteiger partial charge >= 0.3 is 6.18 Å². The summed E-state index contributed by atoms with van der Waals surface area (Å²) in [4.78, 5) is 0. The number of nitriles is 1. The molecule has 7 heteroatoms. The lowest BCUT2D eigenvalue weighted by atomic mass is 9.87. The van der Waals surface area contributed by atoms with Crippen LogP contribution in [0.5, 0.6) is 5.75 Å². The number of benzene rings is 1. The Labute approximate surface area is 118 Å². The van der Waals surface area contributed by atoms with Crippen molar-refractivity contribution in [2.75, 3.05) is 0 Å². The molecule has 0 saturated heterocycles. The van der Waals surface area contributed by atoms with E-state index < -0.39 is 35.4 Å². The van der Waals surface area contributed by atoms with Crippen LogP contribution in [0, 0.1) is 28.9 Å². The van der Waals surface area contributed by atoms with Crippen molar-refractivity contribution in [3.8, 4) is 11.8 Å². The van der Waals surface area contributed by atoms with E-state index in [0.29, 0.717) is 6.07 Å². The molecule has 0 unspecified atom stereocenters. The highest BCUT2D eigenvalue weighted by molar-refractivity contribution is 5.37. The number of alkyl halides is 3. The van der Waals surface area contributed by atoms with Crippen molar-refractivity contribution < 1.29 is 26.7 Å². The van der Waals surface area contributed by atoms with Gasteiger partial charge in [0, 0.05) is 6.07 Å². The normalized spacial score (nSPS) is 22.7. The lowest BCUT2D eigenvalue weighted by Crippen LogP contribution is -2.32. The van der Waals surface area contributed by atoms with E-state index in [1.54, 1.807) is 0 Å². The maximum Gasteiger partial charge on any atom is 0.391 e. The van der Waals surface area contributed by atoms with Crippen molar-refractivity contribution >= 4 is 0 Å². The van der Waals surface area contributed by atoms with Crippen LogP contribution in [0.1, 0.15) is 31.2 Å². The van der Waals surface area contributed by atoms with Gasteiger partial charge in [0.15, 0.2) is 11.6 Å².